The molecule has 98 valence electrons. The van der Waals surface area contributed by atoms with Crippen LogP contribution in [0.15, 0.2) is 18.2 Å². The van der Waals surface area contributed by atoms with E-state index in [1.807, 2.05) is 0 Å². The second kappa shape index (κ2) is 5.38. The number of halogens is 1. The van der Waals surface area contributed by atoms with Gasteiger partial charge in [0.05, 0.1) is 5.56 Å². The van der Waals surface area contributed by atoms with Gasteiger partial charge in [0.1, 0.15) is 5.82 Å². The molecule has 1 aliphatic carbocycles. The van der Waals surface area contributed by atoms with Crippen LogP contribution >= 0.6 is 0 Å². The summed E-state index contributed by atoms with van der Waals surface area (Å²) in [6, 6.07) is 3.86. The molecular weight excluding hydrogens is 231 g/mol. The molecular formula is C14H19FN2O. The molecule has 1 amide bonds. The number of benzene rings is 1. The third-order valence-corrected chi connectivity index (χ3v) is 3.61. The average Bonchev–Trinajstić information content (AvgIpc) is 2.75. The lowest BCUT2D eigenvalue weighted by atomic mass is 10.1. The number of anilines is 1. The van der Waals surface area contributed by atoms with Crippen molar-refractivity contribution in [3.8, 4) is 0 Å². The van der Waals surface area contributed by atoms with Gasteiger partial charge in [-0.2, -0.15) is 0 Å². The molecule has 1 saturated carbocycles. The molecule has 1 aromatic rings. The highest BCUT2D eigenvalue weighted by atomic mass is 19.1. The van der Waals surface area contributed by atoms with Gasteiger partial charge in [-0.1, -0.05) is 13.3 Å². The zero-order valence-electron chi connectivity index (χ0n) is 10.6. The van der Waals surface area contributed by atoms with Crippen molar-refractivity contribution in [2.75, 3.05) is 12.3 Å². The summed E-state index contributed by atoms with van der Waals surface area (Å²) in [6.45, 7) is 2.88. The van der Waals surface area contributed by atoms with E-state index in [0.717, 1.165) is 18.8 Å². The van der Waals surface area contributed by atoms with Gasteiger partial charge >= 0.3 is 0 Å². The van der Waals surface area contributed by atoms with Crippen molar-refractivity contribution in [1.82, 2.24) is 5.32 Å². The maximum absolute atomic E-state index is 13.1. The molecule has 0 radical (unpaired) electrons. The van der Waals surface area contributed by atoms with Gasteiger partial charge in [0.2, 0.25) is 0 Å². The lowest BCUT2D eigenvalue weighted by molar-refractivity contribution is 0.0947. The van der Waals surface area contributed by atoms with Gasteiger partial charge in [-0.05, 0) is 42.9 Å². The van der Waals surface area contributed by atoms with Crippen molar-refractivity contribution in [2.24, 2.45) is 11.8 Å². The Kier molecular flexibility index (Phi) is 3.84. The number of nitrogens with two attached hydrogens (primary N) is 1. The van der Waals surface area contributed by atoms with Crippen molar-refractivity contribution < 1.29 is 9.18 Å². The molecule has 0 heterocycles. The maximum Gasteiger partial charge on any atom is 0.253 e. The largest absolute Gasteiger partial charge is 0.398 e. The lowest BCUT2D eigenvalue weighted by Gasteiger charge is -2.12. The van der Waals surface area contributed by atoms with E-state index in [0.29, 0.717) is 18.2 Å². The van der Waals surface area contributed by atoms with Gasteiger partial charge in [0.15, 0.2) is 0 Å². The highest BCUT2D eigenvalue weighted by molar-refractivity contribution is 5.99. The Labute approximate surface area is 107 Å². The first kappa shape index (κ1) is 12.9. The Morgan fingerprint density at radius 3 is 2.94 bits per heavy atom. The normalized spacial score (nSPS) is 23.0. The molecule has 1 aliphatic rings. The molecule has 2 rings (SSSR count). The number of amides is 1. The zero-order valence-corrected chi connectivity index (χ0v) is 10.6. The number of hydrogen-bond acceptors (Lipinski definition) is 2. The van der Waals surface area contributed by atoms with Crippen molar-refractivity contribution in [1.29, 1.82) is 0 Å². The van der Waals surface area contributed by atoms with Gasteiger partial charge in [-0.25, -0.2) is 4.39 Å². The van der Waals surface area contributed by atoms with Crippen molar-refractivity contribution in [2.45, 2.75) is 26.2 Å². The molecule has 1 aromatic carbocycles. The highest BCUT2D eigenvalue weighted by Gasteiger charge is 2.22. The summed E-state index contributed by atoms with van der Waals surface area (Å²) in [5.74, 6) is 0.556. The number of carbonyl (C=O) groups is 1. The van der Waals surface area contributed by atoms with E-state index in [4.69, 9.17) is 5.73 Å². The number of carbonyl (C=O) groups excluding carboxylic acids is 1. The first-order chi connectivity index (χ1) is 8.56. The zero-order chi connectivity index (χ0) is 13.1. The smallest absolute Gasteiger partial charge is 0.253 e. The van der Waals surface area contributed by atoms with E-state index in [-0.39, 0.29) is 11.5 Å². The topological polar surface area (TPSA) is 55.1 Å². The molecule has 0 aromatic heterocycles. The van der Waals surface area contributed by atoms with Crippen LogP contribution < -0.4 is 11.1 Å². The Morgan fingerprint density at radius 1 is 1.50 bits per heavy atom. The van der Waals surface area contributed by atoms with Crippen LogP contribution in [0.5, 0.6) is 0 Å². The average molecular weight is 250 g/mol. The fourth-order valence-electron chi connectivity index (χ4n) is 2.57. The van der Waals surface area contributed by atoms with Gasteiger partial charge in [0.25, 0.3) is 5.91 Å². The third kappa shape index (κ3) is 3.00. The summed E-state index contributed by atoms with van der Waals surface area (Å²) >= 11 is 0. The van der Waals surface area contributed by atoms with Crippen LogP contribution in [0.3, 0.4) is 0 Å². The number of nitrogens with one attached hydrogen (secondary N) is 1. The minimum atomic E-state index is -0.441. The minimum Gasteiger partial charge on any atom is -0.398 e. The van der Waals surface area contributed by atoms with Crippen molar-refractivity contribution in [3.05, 3.63) is 29.6 Å². The minimum absolute atomic E-state index is 0.223. The Morgan fingerprint density at radius 2 is 2.28 bits per heavy atom. The van der Waals surface area contributed by atoms with E-state index in [2.05, 4.69) is 12.2 Å². The van der Waals surface area contributed by atoms with Crippen LogP contribution in [0.2, 0.25) is 0 Å². The van der Waals surface area contributed by atoms with Gasteiger partial charge in [-0.3, -0.25) is 4.79 Å². The van der Waals surface area contributed by atoms with E-state index >= 15 is 0 Å². The van der Waals surface area contributed by atoms with Crippen molar-refractivity contribution in [3.63, 3.8) is 0 Å². The van der Waals surface area contributed by atoms with Crippen LogP contribution in [0.4, 0.5) is 10.1 Å². The first-order valence-electron chi connectivity index (χ1n) is 6.39. The summed E-state index contributed by atoms with van der Waals surface area (Å²) in [6.07, 6.45) is 3.53. The van der Waals surface area contributed by atoms with E-state index in [1.54, 1.807) is 0 Å². The highest BCUT2D eigenvalue weighted by Crippen LogP contribution is 2.29. The molecule has 1 fully saturated rings. The van der Waals surface area contributed by atoms with Gasteiger partial charge in [-0.15, -0.1) is 0 Å². The molecule has 0 saturated heterocycles. The van der Waals surface area contributed by atoms with Crippen LogP contribution in [0.1, 0.15) is 36.5 Å². The second-order valence-corrected chi connectivity index (χ2v) is 5.23. The van der Waals surface area contributed by atoms with E-state index < -0.39 is 5.82 Å². The molecule has 2 unspecified atom stereocenters. The van der Waals surface area contributed by atoms with Crippen LogP contribution in [0, 0.1) is 17.7 Å². The summed E-state index contributed by atoms with van der Waals surface area (Å²) in [4.78, 5) is 11.9. The van der Waals surface area contributed by atoms with Gasteiger partial charge in [0, 0.05) is 12.2 Å². The lowest BCUT2D eigenvalue weighted by Crippen LogP contribution is -2.29. The quantitative estimate of drug-likeness (QED) is 0.810. The molecule has 0 bridgehead atoms. The monoisotopic (exact) mass is 250 g/mol. The van der Waals surface area contributed by atoms with Crippen molar-refractivity contribution >= 4 is 11.6 Å². The molecule has 0 aliphatic heterocycles. The maximum atomic E-state index is 13.1. The molecule has 2 atom stereocenters. The Bertz CT molecular complexity index is 447. The predicted octanol–water partition coefficient (Wildman–Crippen LogP) is 2.57. The molecule has 3 nitrogen and oxygen atoms in total. The van der Waals surface area contributed by atoms with E-state index in [9.17, 15) is 9.18 Å². The molecule has 4 heteroatoms. The summed E-state index contributed by atoms with van der Waals surface area (Å²) in [7, 11) is 0. The fourth-order valence-corrected chi connectivity index (χ4v) is 2.57. The van der Waals surface area contributed by atoms with Crippen LogP contribution in [-0.4, -0.2) is 12.5 Å². The number of hydrogen-bond donors (Lipinski definition) is 2. The summed E-state index contributed by atoms with van der Waals surface area (Å²) < 4.78 is 13.1. The predicted molar refractivity (Wildman–Crippen MR) is 69.7 cm³/mol. The number of nitrogen functional groups attached to an aromatic ring is 1. The standard InChI is InChI=1S/C14H19FN2O/c1-9-2-3-10(6-9)8-17-14(18)12-7-11(15)4-5-13(12)16/h4-5,7,9-10H,2-3,6,8,16H2,1H3,(H,17,18). The second-order valence-electron chi connectivity index (χ2n) is 5.23. The summed E-state index contributed by atoms with van der Waals surface area (Å²) in [5, 5.41) is 2.84. The fraction of sp³-hybridized carbons (Fsp3) is 0.500. The van der Waals surface area contributed by atoms with Gasteiger partial charge < -0.3 is 11.1 Å². The Hall–Kier alpha value is -1.58. The molecule has 0 spiro atoms. The third-order valence-electron chi connectivity index (χ3n) is 3.61. The number of rotatable bonds is 3. The first-order valence-corrected chi connectivity index (χ1v) is 6.39. The Balaban J connectivity index is 1.93. The molecule has 3 N–H and O–H groups in total. The van der Waals surface area contributed by atoms with E-state index in [1.165, 1.54) is 24.6 Å². The SMILES string of the molecule is CC1CCC(CNC(=O)c2cc(F)ccc2N)C1. The van der Waals surface area contributed by atoms with Crippen LogP contribution in [0.25, 0.3) is 0 Å². The van der Waals surface area contributed by atoms with Crippen LogP contribution in [-0.2, 0) is 0 Å². The summed E-state index contributed by atoms with van der Waals surface area (Å²) in [5.41, 5.74) is 6.21. The molecule has 18 heavy (non-hydrogen) atoms.